The van der Waals surface area contributed by atoms with Gasteiger partial charge in [-0.05, 0) is 0 Å². The van der Waals surface area contributed by atoms with Gasteiger partial charge in [0, 0.05) is 18.5 Å². The molecule has 2 rings (SSSR count). The number of aldehydes is 1. The van der Waals surface area contributed by atoms with E-state index in [1.165, 1.54) is 18.5 Å². The first-order valence-corrected chi connectivity index (χ1v) is 4.62. The Morgan fingerprint density at radius 1 is 1.47 bits per heavy atom. The van der Waals surface area contributed by atoms with E-state index in [0.29, 0.717) is 11.8 Å². The quantitative estimate of drug-likeness (QED) is 0.843. The Morgan fingerprint density at radius 2 is 2.24 bits per heavy atom. The number of ether oxygens (including phenoxy) is 1. The Hall–Kier alpha value is -2.05. The fourth-order valence-electron chi connectivity index (χ4n) is 1.39. The highest BCUT2D eigenvalue weighted by Gasteiger charge is 2.28. The Bertz CT molecular complexity index is 548. The van der Waals surface area contributed by atoms with Crippen molar-refractivity contribution in [1.29, 1.82) is 0 Å². The van der Waals surface area contributed by atoms with Crippen LogP contribution in [0.25, 0.3) is 11.0 Å². The summed E-state index contributed by atoms with van der Waals surface area (Å²) in [5.74, 6) is 0.0143. The molecule has 90 valence electrons. The second-order valence-electron chi connectivity index (χ2n) is 3.30. The summed E-state index contributed by atoms with van der Waals surface area (Å²) in [4.78, 5) is 17.2. The third kappa shape index (κ3) is 2.38. The molecule has 0 bridgehead atoms. The highest BCUT2D eigenvalue weighted by atomic mass is 19.4. The fraction of sp³-hybridized carbons (Fsp3) is 0.200. The third-order valence-electron chi connectivity index (χ3n) is 2.08. The largest absolute Gasteiger partial charge is 0.482 e. The van der Waals surface area contributed by atoms with Gasteiger partial charge in [-0.15, -0.1) is 0 Å². The van der Waals surface area contributed by atoms with Crippen molar-refractivity contribution in [1.82, 2.24) is 9.97 Å². The molecule has 0 amide bonds. The number of carbonyl (C=O) groups excluding carboxylic acids is 1. The maximum absolute atomic E-state index is 12.0. The molecule has 0 atom stereocenters. The molecule has 2 aromatic rings. The average Bonchev–Trinajstić information content (AvgIpc) is 2.68. The van der Waals surface area contributed by atoms with Crippen LogP contribution in [0.3, 0.4) is 0 Å². The van der Waals surface area contributed by atoms with Crippen LogP contribution < -0.4 is 4.74 Å². The second-order valence-corrected chi connectivity index (χ2v) is 3.30. The number of fused-ring (bicyclic) bond motifs is 1. The lowest BCUT2D eigenvalue weighted by atomic mass is 10.3. The molecule has 0 radical (unpaired) electrons. The predicted octanol–water partition coefficient (Wildman–Crippen LogP) is 2.32. The fourth-order valence-corrected chi connectivity index (χ4v) is 1.39. The van der Waals surface area contributed by atoms with Gasteiger partial charge in [0.15, 0.2) is 12.9 Å². The van der Waals surface area contributed by atoms with Gasteiger partial charge in [-0.2, -0.15) is 13.2 Å². The summed E-state index contributed by atoms with van der Waals surface area (Å²) in [6.45, 7) is -1.39. The van der Waals surface area contributed by atoms with Crippen molar-refractivity contribution in [2.24, 2.45) is 0 Å². The second kappa shape index (κ2) is 4.08. The van der Waals surface area contributed by atoms with E-state index in [4.69, 9.17) is 0 Å². The molecular formula is C10H7F3N2O2. The zero-order valence-corrected chi connectivity index (χ0v) is 8.41. The Balaban J connectivity index is 2.35. The lowest BCUT2D eigenvalue weighted by Gasteiger charge is -2.09. The number of hydrogen-bond acceptors (Lipinski definition) is 3. The van der Waals surface area contributed by atoms with Gasteiger partial charge >= 0.3 is 6.18 Å². The Kier molecular flexibility index (Phi) is 2.74. The maximum atomic E-state index is 12.0. The minimum atomic E-state index is -4.41. The Morgan fingerprint density at radius 3 is 2.88 bits per heavy atom. The van der Waals surface area contributed by atoms with Crippen molar-refractivity contribution in [3.05, 3.63) is 24.0 Å². The lowest BCUT2D eigenvalue weighted by molar-refractivity contribution is -0.153. The van der Waals surface area contributed by atoms with Gasteiger partial charge in [-0.1, -0.05) is 0 Å². The molecule has 0 aromatic carbocycles. The van der Waals surface area contributed by atoms with Crippen LogP contribution in [-0.2, 0) is 0 Å². The van der Waals surface area contributed by atoms with Crippen LogP contribution in [0, 0.1) is 0 Å². The number of alkyl halides is 3. The first-order valence-electron chi connectivity index (χ1n) is 4.62. The summed E-state index contributed by atoms with van der Waals surface area (Å²) in [5, 5.41) is 0. The number of aromatic nitrogens is 2. The van der Waals surface area contributed by atoms with Gasteiger partial charge in [-0.3, -0.25) is 9.78 Å². The summed E-state index contributed by atoms with van der Waals surface area (Å²) < 4.78 is 40.6. The van der Waals surface area contributed by atoms with Gasteiger partial charge in [0.25, 0.3) is 0 Å². The predicted molar refractivity (Wildman–Crippen MR) is 53.0 cm³/mol. The van der Waals surface area contributed by atoms with Crippen molar-refractivity contribution < 1.29 is 22.7 Å². The number of rotatable bonds is 3. The van der Waals surface area contributed by atoms with Gasteiger partial charge < -0.3 is 9.72 Å². The zero-order chi connectivity index (χ0) is 12.5. The minimum Gasteiger partial charge on any atom is -0.482 e. The van der Waals surface area contributed by atoms with E-state index in [9.17, 15) is 18.0 Å². The normalized spacial score (nSPS) is 11.7. The van der Waals surface area contributed by atoms with E-state index in [1.807, 2.05) is 0 Å². The van der Waals surface area contributed by atoms with E-state index in [1.54, 1.807) is 0 Å². The summed E-state index contributed by atoms with van der Waals surface area (Å²) in [6.07, 6.45) is -1.19. The molecule has 0 aliphatic rings. The number of aromatic amines is 1. The maximum Gasteiger partial charge on any atom is 0.422 e. The molecule has 0 saturated carbocycles. The summed E-state index contributed by atoms with van der Waals surface area (Å²) in [5.41, 5.74) is 0.844. The average molecular weight is 244 g/mol. The van der Waals surface area contributed by atoms with Crippen LogP contribution in [0.4, 0.5) is 13.2 Å². The molecule has 0 aliphatic carbocycles. The molecule has 0 aliphatic heterocycles. The van der Waals surface area contributed by atoms with Crippen molar-refractivity contribution in [2.75, 3.05) is 6.61 Å². The van der Waals surface area contributed by atoms with E-state index in [-0.39, 0.29) is 16.8 Å². The highest BCUT2D eigenvalue weighted by molar-refractivity contribution is 5.96. The molecule has 7 heteroatoms. The SMILES string of the molecule is O=Cc1c[nH]c2c(OCC(F)(F)F)ccnc12. The van der Waals surface area contributed by atoms with Crippen LogP contribution in [-0.4, -0.2) is 29.0 Å². The van der Waals surface area contributed by atoms with Crippen molar-refractivity contribution in [3.8, 4) is 5.75 Å². The van der Waals surface area contributed by atoms with E-state index in [2.05, 4.69) is 14.7 Å². The van der Waals surface area contributed by atoms with Crippen LogP contribution in [0.15, 0.2) is 18.5 Å². The van der Waals surface area contributed by atoms with Crippen LogP contribution in [0.5, 0.6) is 5.75 Å². The topological polar surface area (TPSA) is 55.0 Å². The molecule has 2 aromatic heterocycles. The number of nitrogens with zero attached hydrogens (tertiary/aromatic N) is 1. The molecule has 0 unspecified atom stereocenters. The number of carbonyl (C=O) groups is 1. The molecule has 0 spiro atoms. The number of H-pyrrole nitrogens is 1. The summed E-state index contributed by atoms with van der Waals surface area (Å²) >= 11 is 0. The molecule has 0 fully saturated rings. The standard InChI is InChI=1S/C10H7F3N2O2/c11-10(12,13)5-17-7-1-2-14-8-6(4-16)3-15-9(7)8/h1-4,15H,5H2. The minimum absolute atomic E-state index is 0.0143. The smallest absolute Gasteiger partial charge is 0.422 e. The van der Waals surface area contributed by atoms with Crippen LogP contribution in [0.1, 0.15) is 10.4 Å². The monoisotopic (exact) mass is 244 g/mol. The van der Waals surface area contributed by atoms with E-state index >= 15 is 0 Å². The molecular weight excluding hydrogens is 237 g/mol. The number of halogens is 3. The van der Waals surface area contributed by atoms with Gasteiger partial charge in [0.2, 0.25) is 0 Å². The van der Waals surface area contributed by atoms with Crippen LogP contribution >= 0.6 is 0 Å². The van der Waals surface area contributed by atoms with Gasteiger partial charge in [0.1, 0.15) is 16.8 Å². The third-order valence-corrected chi connectivity index (χ3v) is 2.08. The van der Waals surface area contributed by atoms with Crippen molar-refractivity contribution in [3.63, 3.8) is 0 Å². The zero-order valence-electron chi connectivity index (χ0n) is 8.41. The number of hydrogen-bond donors (Lipinski definition) is 1. The van der Waals surface area contributed by atoms with E-state index in [0.717, 1.165) is 0 Å². The van der Waals surface area contributed by atoms with E-state index < -0.39 is 12.8 Å². The molecule has 4 nitrogen and oxygen atoms in total. The first kappa shape index (κ1) is 11.4. The first-order chi connectivity index (χ1) is 8.01. The van der Waals surface area contributed by atoms with Gasteiger partial charge in [0.05, 0.1) is 5.56 Å². The van der Waals surface area contributed by atoms with Crippen molar-refractivity contribution in [2.45, 2.75) is 6.18 Å². The summed E-state index contributed by atoms with van der Waals surface area (Å²) in [7, 11) is 0. The van der Waals surface area contributed by atoms with Crippen molar-refractivity contribution >= 4 is 17.3 Å². The lowest BCUT2D eigenvalue weighted by Crippen LogP contribution is -2.19. The molecule has 0 saturated heterocycles. The molecule has 17 heavy (non-hydrogen) atoms. The summed E-state index contributed by atoms with van der Waals surface area (Å²) in [6, 6.07) is 1.30. The Labute approximate surface area is 93.4 Å². The molecule has 1 N–H and O–H groups in total. The number of nitrogens with one attached hydrogen (secondary N) is 1. The highest BCUT2D eigenvalue weighted by Crippen LogP contribution is 2.26. The molecule has 2 heterocycles. The number of pyridine rings is 1. The van der Waals surface area contributed by atoms with Gasteiger partial charge in [-0.25, -0.2) is 0 Å². The van der Waals surface area contributed by atoms with Crippen LogP contribution in [0.2, 0.25) is 0 Å².